The zero-order valence-electron chi connectivity index (χ0n) is 14.6. The van der Waals surface area contributed by atoms with Crippen LogP contribution in [0.25, 0.3) is 0 Å². The molecule has 2 aliphatic carbocycles. The van der Waals surface area contributed by atoms with E-state index in [1.165, 1.54) is 48.9 Å². The van der Waals surface area contributed by atoms with Gasteiger partial charge in [-0.15, -0.1) is 0 Å². The van der Waals surface area contributed by atoms with E-state index in [0.717, 1.165) is 11.3 Å². The molecule has 2 nitrogen and oxygen atoms in total. The molecule has 0 bridgehead atoms. The lowest BCUT2D eigenvalue weighted by Gasteiger charge is -2.26. The van der Waals surface area contributed by atoms with E-state index in [-0.39, 0.29) is 0 Å². The smallest absolute Gasteiger partial charge is 0.0420 e. The fourth-order valence-corrected chi connectivity index (χ4v) is 3.86. The molecule has 0 aliphatic heterocycles. The van der Waals surface area contributed by atoms with Gasteiger partial charge in [0.25, 0.3) is 0 Å². The van der Waals surface area contributed by atoms with Crippen LogP contribution in [-0.2, 0) is 0 Å². The first-order valence-corrected chi connectivity index (χ1v) is 8.83. The number of nitrogens with zero attached hydrogens (tertiary/aromatic N) is 1. The largest absolute Gasteiger partial charge is 0.378 e. The van der Waals surface area contributed by atoms with Crippen molar-refractivity contribution in [3.63, 3.8) is 0 Å². The summed E-state index contributed by atoms with van der Waals surface area (Å²) in [5.41, 5.74) is 5.88. The second kappa shape index (κ2) is 6.74. The van der Waals surface area contributed by atoms with E-state index in [4.69, 9.17) is 5.41 Å². The highest BCUT2D eigenvalue weighted by molar-refractivity contribution is 6.02. The van der Waals surface area contributed by atoms with E-state index >= 15 is 0 Å². The number of anilines is 1. The van der Waals surface area contributed by atoms with Crippen molar-refractivity contribution in [1.29, 1.82) is 5.41 Å². The summed E-state index contributed by atoms with van der Waals surface area (Å²) < 4.78 is 0. The molecule has 1 unspecified atom stereocenters. The van der Waals surface area contributed by atoms with Gasteiger partial charge >= 0.3 is 0 Å². The van der Waals surface area contributed by atoms with Crippen LogP contribution in [0.15, 0.2) is 42.0 Å². The highest BCUT2D eigenvalue weighted by Crippen LogP contribution is 2.36. The minimum Gasteiger partial charge on any atom is -0.378 e. The van der Waals surface area contributed by atoms with Gasteiger partial charge in [-0.25, -0.2) is 0 Å². The fraction of sp³-hybridized carbons (Fsp3) is 0.476. The molecule has 1 saturated carbocycles. The maximum atomic E-state index is 8.87. The molecule has 122 valence electrons. The van der Waals surface area contributed by atoms with E-state index < -0.39 is 0 Å². The molecule has 3 rings (SSSR count). The van der Waals surface area contributed by atoms with E-state index in [0.29, 0.717) is 11.8 Å². The van der Waals surface area contributed by atoms with Crippen LogP contribution in [0.2, 0.25) is 0 Å². The monoisotopic (exact) mass is 308 g/mol. The predicted octanol–water partition coefficient (Wildman–Crippen LogP) is 5.30. The second-order valence-corrected chi connectivity index (χ2v) is 7.19. The Kier molecular flexibility index (Phi) is 4.70. The lowest BCUT2D eigenvalue weighted by molar-refractivity contribution is 0.438. The molecular weight excluding hydrogens is 280 g/mol. The van der Waals surface area contributed by atoms with Crippen molar-refractivity contribution in [2.75, 3.05) is 19.0 Å². The zero-order chi connectivity index (χ0) is 16.4. The van der Waals surface area contributed by atoms with E-state index in [1.54, 1.807) is 0 Å². The van der Waals surface area contributed by atoms with Crippen molar-refractivity contribution in [2.45, 2.75) is 44.9 Å². The Labute approximate surface area is 140 Å². The third-order valence-electron chi connectivity index (χ3n) is 5.35. The summed E-state index contributed by atoms with van der Waals surface area (Å²) >= 11 is 0. The third kappa shape index (κ3) is 3.26. The first kappa shape index (κ1) is 16.0. The highest BCUT2D eigenvalue weighted by atomic mass is 15.1. The minimum absolute atomic E-state index is 0.338. The Hall–Kier alpha value is -1.83. The maximum absolute atomic E-state index is 8.87. The Bertz CT molecular complexity index is 646. The average molecular weight is 308 g/mol. The van der Waals surface area contributed by atoms with Crippen LogP contribution in [0.1, 0.15) is 56.1 Å². The van der Waals surface area contributed by atoms with Gasteiger partial charge in [0.05, 0.1) is 0 Å². The van der Waals surface area contributed by atoms with Gasteiger partial charge in [0.1, 0.15) is 0 Å². The van der Waals surface area contributed by atoms with Gasteiger partial charge in [-0.05, 0) is 37.5 Å². The molecule has 1 fully saturated rings. The van der Waals surface area contributed by atoms with Gasteiger partial charge in [-0.3, -0.25) is 0 Å². The molecule has 0 aromatic heterocycles. The number of allylic oxidation sites excluding steroid dienone is 4. The van der Waals surface area contributed by atoms with Gasteiger partial charge in [0.15, 0.2) is 0 Å². The molecule has 0 amide bonds. The molecule has 2 aliphatic rings. The van der Waals surface area contributed by atoms with Crippen molar-refractivity contribution >= 4 is 11.4 Å². The van der Waals surface area contributed by atoms with Crippen LogP contribution in [0.4, 0.5) is 5.69 Å². The molecular formula is C21H28N2. The molecule has 0 spiro atoms. The van der Waals surface area contributed by atoms with Gasteiger partial charge in [-0.2, -0.15) is 0 Å². The predicted molar refractivity (Wildman–Crippen MR) is 99.8 cm³/mol. The second-order valence-electron chi connectivity index (χ2n) is 7.19. The lowest BCUT2D eigenvalue weighted by atomic mass is 9.80. The summed E-state index contributed by atoms with van der Waals surface area (Å²) in [4.78, 5) is 2.13. The quantitative estimate of drug-likeness (QED) is 0.751. The van der Waals surface area contributed by atoms with Gasteiger partial charge in [0.2, 0.25) is 0 Å². The van der Waals surface area contributed by atoms with Crippen LogP contribution < -0.4 is 4.90 Å². The third-order valence-corrected chi connectivity index (χ3v) is 5.35. The first-order valence-electron chi connectivity index (χ1n) is 8.83. The first-order chi connectivity index (χ1) is 11.1. The number of hydrogen-bond donors (Lipinski definition) is 1. The summed E-state index contributed by atoms with van der Waals surface area (Å²) in [5, 5.41) is 8.87. The van der Waals surface area contributed by atoms with Crippen LogP contribution in [-0.4, -0.2) is 19.8 Å². The van der Waals surface area contributed by atoms with Crippen molar-refractivity contribution in [1.82, 2.24) is 0 Å². The summed E-state index contributed by atoms with van der Waals surface area (Å²) in [5.74, 6) is 0.778. The average Bonchev–Trinajstić information content (AvgIpc) is 3.00. The standard InChI is InChI=1S/C21H28N2/c1-15-8-7-11-18(15)19-13-12-17(23(2)3)14-20(19)21(22)16-9-5-4-6-10-16/h7-8,11-14,16,18,22H,4-6,9-10H2,1-3H3. The minimum atomic E-state index is 0.338. The molecule has 0 saturated heterocycles. The van der Waals surface area contributed by atoms with Gasteiger partial charge in [-0.1, -0.05) is 49.1 Å². The van der Waals surface area contributed by atoms with Gasteiger partial charge < -0.3 is 10.3 Å². The van der Waals surface area contributed by atoms with Gasteiger partial charge in [0, 0.05) is 42.9 Å². The summed E-state index contributed by atoms with van der Waals surface area (Å²) in [6.45, 7) is 2.19. The maximum Gasteiger partial charge on any atom is 0.0420 e. The highest BCUT2D eigenvalue weighted by Gasteiger charge is 2.25. The van der Waals surface area contributed by atoms with Crippen molar-refractivity contribution < 1.29 is 0 Å². The molecule has 2 heteroatoms. The van der Waals surface area contributed by atoms with Crippen LogP contribution in [0, 0.1) is 11.3 Å². The number of nitrogens with one attached hydrogen (secondary N) is 1. The summed E-state index contributed by atoms with van der Waals surface area (Å²) in [7, 11) is 4.15. The van der Waals surface area contributed by atoms with Crippen LogP contribution in [0.5, 0.6) is 0 Å². The molecule has 1 N–H and O–H groups in total. The molecule has 1 aromatic carbocycles. The molecule has 0 radical (unpaired) electrons. The Morgan fingerprint density at radius 3 is 2.48 bits per heavy atom. The van der Waals surface area contributed by atoms with Crippen LogP contribution in [0.3, 0.4) is 0 Å². The summed E-state index contributed by atoms with van der Waals surface area (Å²) in [6, 6.07) is 6.65. The number of benzene rings is 1. The molecule has 23 heavy (non-hydrogen) atoms. The Morgan fingerprint density at radius 1 is 1.13 bits per heavy atom. The van der Waals surface area contributed by atoms with Crippen molar-refractivity contribution in [3.8, 4) is 0 Å². The zero-order valence-corrected chi connectivity index (χ0v) is 14.6. The summed E-state index contributed by atoms with van der Waals surface area (Å²) in [6.07, 6.45) is 12.8. The molecule has 0 heterocycles. The topological polar surface area (TPSA) is 27.1 Å². The number of rotatable bonds is 4. The Morgan fingerprint density at radius 2 is 1.87 bits per heavy atom. The SMILES string of the molecule is CC1=CC=CC1c1ccc(N(C)C)cc1C(=N)C1CCCCC1. The fourth-order valence-electron chi connectivity index (χ4n) is 3.86. The lowest BCUT2D eigenvalue weighted by Crippen LogP contribution is -2.21. The molecule has 1 aromatic rings. The van der Waals surface area contributed by atoms with E-state index in [2.05, 4.69) is 62.3 Å². The normalized spacial score (nSPS) is 21.3. The van der Waals surface area contributed by atoms with Crippen LogP contribution >= 0.6 is 0 Å². The van der Waals surface area contributed by atoms with E-state index in [1.807, 2.05) is 0 Å². The molecule has 1 atom stereocenters. The van der Waals surface area contributed by atoms with E-state index in [9.17, 15) is 0 Å². The Balaban J connectivity index is 2.00. The number of hydrogen-bond acceptors (Lipinski definition) is 2. The van der Waals surface area contributed by atoms with Crippen molar-refractivity contribution in [3.05, 3.63) is 53.1 Å². The van der Waals surface area contributed by atoms with Crippen molar-refractivity contribution in [2.24, 2.45) is 5.92 Å².